The Morgan fingerprint density at radius 2 is 1.36 bits per heavy atom. The van der Waals surface area contributed by atoms with E-state index in [9.17, 15) is 15.3 Å². The Morgan fingerprint density at radius 1 is 0.864 bits per heavy atom. The van der Waals surface area contributed by atoms with E-state index in [1.165, 1.54) is 0 Å². The number of alkyl halides is 1. The van der Waals surface area contributed by atoms with Gasteiger partial charge in [-0.1, -0.05) is 119 Å². The average Bonchev–Trinajstić information content (AvgIpc) is 3.50. The lowest BCUT2D eigenvalue weighted by Crippen LogP contribution is -2.87. The van der Waals surface area contributed by atoms with Gasteiger partial charge in [-0.25, -0.2) is 4.99 Å². The molecule has 1 saturated heterocycles. The van der Waals surface area contributed by atoms with Crippen molar-refractivity contribution < 1.29 is 20.1 Å². The van der Waals surface area contributed by atoms with Crippen LogP contribution in [0, 0.1) is 0 Å². The Kier molecular flexibility index (Phi) is 11.8. The standard InChI is InChI=1S/C31H64ClN5O4Si3/c1-13-42(14-2,21(7)8)30-28(33)35-31(32,43(15-3,16-4)22(9)10)37(44(17-5,18-6)23(11)12)29(30)36(20-34-30)27-26(40)25(39)24(19-38)41-27/h20-27,29,38-40H,13-19H2,1-12H3,(H2,33,35)/t24-,25?,26?,27-,29?,30?,31?/m1/s1. The first-order valence-corrected chi connectivity index (χ1v) is 25.1. The molecule has 0 saturated carbocycles. The summed E-state index contributed by atoms with van der Waals surface area (Å²) in [5, 5.41) is 31.7. The average molecular weight is 691 g/mol. The summed E-state index contributed by atoms with van der Waals surface area (Å²) in [5.41, 5.74) is 8.45. The van der Waals surface area contributed by atoms with Crippen molar-refractivity contribution in [1.29, 1.82) is 0 Å². The van der Waals surface area contributed by atoms with E-state index in [4.69, 9.17) is 32.1 Å². The van der Waals surface area contributed by atoms with Gasteiger partial charge in [0.1, 0.15) is 59.9 Å². The number of amidine groups is 1. The van der Waals surface area contributed by atoms with Crippen molar-refractivity contribution >= 4 is 48.2 Å². The zero-order valence-electron chi connectivity index (χ0n) is 29.6. The molecule has 1 fully saturated rings. The predicted octanol–water partition coefficient (Wildman–Crippen LogP) is 5.67. The largest absolute Gasteiger partial charge is 0.394 e. The fourth-order valence-corrected chi connectivity index (χ4v) is 28.9. The normalized spacial score (nSPS) is 33.7. The van der Waals surface area contributed by atoms with Gasteiger partial charge in [0, 0.05) is 0 Å². The topological polar surface area (TPSA) is 127 Å². The molecule has 3 aliphatic rings. The van der Waals surface area contributed by atoms with E-state index in [1.54, 1.807) is 0 Å². The SMILES string of the molecule is CC[Si](CC)(C(C)C)N1C2N([C@@H]3O[C@H](CO)C(O)C3O)C=NC2([Si](CC)(CC)C(C)C)C(N)=NC1(Cl)[Si](CC)(CC)C(C)C. The highest BCUT2D eigenvalue weighted by Crippen LogP contribution is 2.59. The number of nitrogens with two attached hydrogens (primary N) is 1. The lowest BCUT2D eigenvalue weighted by atomic mass is 10.1. The van der Waals surface area contributed by atoms with Crippen LogP contribution in [0.5, 0.6) is 0 Å². The molecular weight excluding hydrogens is 626 g/mol. The summed E-state index contributed by atoms with van der Waals surface area (Å²) in [4.78, 5) is 13.2. The number of hydrogen-bond donors (Lipinski definition) is 4. The first-order chi connectivity index (χ1) is 20.5. The van der Waals surface area contributed by atoms with E-state index in [-0.39, 0.29) is 6.61 Å². The number of hydrogen-bond acceptors (Lipinski definition) is 9. The first kappa shape index (κ1) is 38.1. The summed E-state index contributed by atoms with van der Waals surface area (Å²) in [5.74, 6) is 0.529. The van der Waals surface area contributed by atoms with Crippen LogP contribution in [-0.2, 0) is 4.74 Å². The summed E-state index contributed by atoms with van der Waals surface area (Å²) in [7, 11) is -7.38. The van der Waals surface area contributed by atoms with Crippen LogP contribution in [0.3, 0.4) is 0 Å². The van der Waals surface area contributed by atoms with E-state index in [0.29, 0.717) is 22.5 Å². The Hall–Kier alpha value is -0.319. The van der Waals surface area contributed by atoms with Crippen molar-refractivity contribution in [2.75, 3.05) is 6.61 Å². The van der Waals surface area contributed by atoms with Crippen LogP contribution in [0.1, 0.15) is 83.1 Å². The third-order valence-corrected chi connectivity index (χ3v) is 34.1. The molecule has 0 aromatic rings. The Labute approximate surface area is 275 Å². The van der Waals surface area contributed by atoms with Crippen LogP contribution >= 0.6 is 11.6 Å². The maximum atomic E-state index is 11.5. The van der Waals surface area contributed by atoms with Gasteiger partial charge in [-0.15, -0.1) is 0 Å². The molecule has 13 heteroatoms. The molecule has 0 amide bonds. The number of fused-ring (bicyclic) bond motifs is 1. The second-order valence-corrected chi connectivity index (χ2v) is 31.8. The molecule has 5 unspecified atom stereocenters. The third kappa shape index (κ3) is 4.90. The maximum absolute atomic E-state index is 11.5. The molecule has 44 heavy (non-hydrogen) atoms. The number of nitrogens with zero attached hydrogens (tertiary/aromatic N) is 4. The van der Waals surface area contributed by atoms with Gasteiger partial charge in [0.05, 0.1) is 12.9 Å². The molecule has 3 heterocycles. The van der Waals surface area contributed by atoms with Gasteiger partial charge in [0.2, 0.25) is 0 Å². The molecule has 0 aromatic carbocycles. The molecule has 0 spiro atoms. The minimum Gasteiger partial charge on any atom is -0.394 e. The summed E-state index contributed by atoms with van der Waals surface area (Å²) in [6.07, 6.45) is -2.85. The molecule has 256 valence electrons. The monoisotopic (exact) mass is 689 g/mol. The Bertz CT molecular complexity index is 1060. The van der Waals surface area contributed by atoms with Gasteiger partial charge in [0.15, 0.2) is 11.0 Å². The maximum Gasteiger partial charge on any atom is 0.170 e. The van der Waals surface area contributed by atoms with Gasteiger partial charge in [-0.2, -0.15) is 0 Å². The summed E-state index contributed by atoms with van der Waals surface area (Å²) in [6, 6.07) is 5.78. The van der Waals surface area contributed by atoms with Crippen LogP contribution < -0.4 is 5.73 Å². The highest BCUT2D eigenvalue weighted by atomic mass is 35.5. The van der Waals surface area contributed by atoms with E-state index in [1.807, 2.05) is 6.34 Å². The fourth-order valence-electron chi connectivity index (χ4n) is 9.96. The molecule has 7 atom stereocenters. The Morgan fingerprint density at radius 3 is 1.73 bits per heavy atom. The van der Waals surface area contributed by atoms with Crippen molar-refractivity contribution in [3.8, 4) is 0 Å². The van der Waals surface area contributed by atoms with Gasteiger partial charge < -0.3 is 30.7 Å². The van der Waals surface area contributed by atoms with Gasteiger partial charge in [-0.3, -0.25) is 9.56 Å². The lowest BCUT2D eigenvalue weighted by Gasteiger charge is -2.67. The molecule has 9 nitrogen and oxygen atoms in total. The number of aliphatic hydroxyl groups is 3. The van der Waals surface area contributed by atoms with E-state index < -0.39 is 65.0 Å². The molecule has 3 rings (SSSR count). The number of halogens is 1. The van der Waals surface area contributed by atoms with Crippen molar-refractivity contribution in [3.63, 3.8) is 0 Å². The Balaban J connectivity index is 2.60. The number of ether oxygens (including phenoxy) is 1. The lowest BCUT2D eigenvalue weighted by molar-refractivity contribution is -0.0984. The zero-order chi connectivity index (χ0) is 33.6. The minimum absolute atomic E-state index is 0.336. The molecular formula is C31H64ClN5O4Si3. The van der Waals surface area contributed by atoms with E-state index >= 15 is 0 Å². The van der Waals surface area contributed by atoms with Crippen LogP contribution in [0.25, 0.3) is 0 Å². The van der Waals surface area contributed by atoms with E-state index in [0.717, 1.165) is 36.3 Å². The van der Waals surface area contributed by atoms with Gasteiger partial charge >= 0.3 is 0 Å². The molecule has 0 radical (unpaired) electrons. The van der Waals surface area contributed by atoms with Gasteiger partial charge in [0.25, 0.3) is 0 Å². The third-order valence-electron chi connectivity index (χ3n) is 13.0. The van der Waals surface area contributed by atoms with Crippen molar-refractivity contribution in [2.24, 2.45) is 15.7 Å². The zero-order valence-corrected chi connectivity index (χ0v) is 33.4. The second kappa shape index (κ2) is 13.7. The summed E-state index contributed by atoms with van der Waals surface area (Å²) < 4.78 is 7.95. The number of rotatable bonds is 14. The second-order valence-electron chi connectivity index (χ2n) is 14.5. The van der Waals surface area contributed by atoms with Crippen molar-refractivity contribution in [3.05, 3.63) is 0 Å². The fraction of sp³-hybridized carbons (Fsp3) is 0.935. The van der Waals surface area contributed by atoms with Crippen LogP contribution in [0.4, 0.5) is 0 Å². The summed E-state index contributed by atoms with van der Waals surface area (Å²) >= 11 is 8.37. The van der Waals surface area contributed by atoms with Crippen LogP contribution in [0.2, 0.25) is 52.9 Å². The number of aliphatic imine (C=N–C) groups is 2. The smallest absolute Gasteiger partial charge is 0.170 e. The molecule has 0 aromatic heterocycles. The van der Waals surface area contributed by atoms with Gasteiger partial charge in [-0.05, 0) is 28.7 Å². The first-order valence-electron chi connectivity index (χ1n) is 17.3. The molecule has 0 bridgehead atoms. The molecule has 3 aliphatic heterocycles. The number of aliphatic hydroxyl groups excluding tert-OH is 3. The summed E-state index contributed by atoms with van der Waals surface area (Å²) in [6.45, 7) is 27.3. The van der Waals surface area contributed by atoms with Crippen molar-refractivity contribution in [2.45, 2.75) is 177 Å². The molecule has 0 aliphatic carbocycles. The highest BCUT2D eigenvalue weighted by Gasteiger charge is 2.75. The van der Waals surface area contributed by atoms with Crippen LogP contribution in [-0.4, -0.2) is 109 Å². The van der Waals surface area contributed by atoms with E-state index in [2.05, 4.69) is 92.6 Å². The quantitative estimate of drug-likeness (QED) is 0.105. The van der Waals surface area contributed by atoms with Crippen LogP contribution in [0.15, 0.2) is 9.98 Å². The van der Waals surface area contributed by atoms with Crippen molar-refractivity contribution in [1.82, 2.24) is 9.47 Å². The molecule has 5 N–H and O–H groups in total. The predicted molar refractivity (Wildman–Crippen MR) is 192 cm³/mol. The minimum atomic E-state index is -2.48. The highest BCUT2D eigenvalue weighted by molar-refractivity contribution is 6.93.